The average molecular weight is 802 g/mol. The molecule has 0 heterocycles. The van der Waals surface area contributed by atoms with Gasteiger partial charge in [0.05, 0.1) is 16.4 Å². The van der Waals surface area contributed by atoms with Gasteiger partial charge in [-0.05, 0) is 118 Å². The molecule has 3 heteroatoms. The minimum Gasteiger partial charge on any atom is -0.399 e. The van der Waals surface area contributed by atoms with Crippen LogP contribution in [0.2, 0.25) is 0 Å². The Bertz CT molecular complexity index is 2460. The monoisotopic (exact) mass is 799 g/mol. The molecule has 0 aliphatic heterocycles. The normalized spacial score (nSPS) is 17.4. The lowest BCUT2D eigenvalue weighted by Gasteiger charge is -2.19. The molecule has 5 aromatic carbocycles. The van der Waals surface area contributed by atoms with Crippen molar-refractivity contribution < 1.29 is 24.7 Å². The average Bonchev–Trinajstić information content (AvgIpc) is 3.16. The van der Waals surface area contributed by atoms with Gasteiger partial charge in [0.1, 0.15) is 0 Å². The van der Waals surface area contributed by atoms with Gasteiger partial charge in [-0.2, -0.15) is 0 Å². The molecule has 0 amide bonds. The van der Waals surface area contributed by atoms with Crippen molar-refractivity contribution in [3.05, 3.63) is 168 Å². The van der Waals surface area contributed by atoms with E-state index in [9.17, 15) is 0 Å². The third-order valence-electron chi connectivity index (χ3n) is 6.92. The summed E-state index contributed by atoms with van der Waals surface area (Å²) in [6.45, 7) is 12.0. The molecule has 1 nitrogen and oxygen atoms in total. The number of aryl methyl sites for hydroxylation is 2. The molecule has 0 aliphatic rings. The van der Waals surface area contributed by atoms with Crippen molar-refractivity contribution in [2.45, 2.75) is 105 Å². The number of rotatable bonds is 4. The van der Waals surface area contributed by atoms with Crippen LogP contribution in [0.15, 0.2) is 118 Å². The Morgan fingerprint density at radius 1 is 0.469 bits per heavy atom. The first-order valence-corrected chi connectivity index (χ1v) is 17.4. The van der Waals surface area contributed by atoms with Crippen molar-refractivity contribution in [2.24, 2.45) is 0 Å². The van der Waals surface area contributed by atoms with E-state index in [4.69, 9.17) is 30.4 Å². The minimum atomic E-state index is -2.49. The second-order valence-corrected chi connectivity index (χ2v) is 16.6. The molecule has 0 fully saturated rings. The van der Waals surface area contributed by atoms with Gasteiger partial charge in [0.15, 0.2) is 0 Å². The number of benzene rings is 5. The summed E-state index contributed by atoms with van der Waals surface area (Å²) < 4.78 is 146. The summed E-state index contributed by atoms with van der Waals surface area (Å²) in [5.41, 5.74) is 6.33. The van der Waals surface area contributed by atoms with Gasteiger partial charge in [0.2, 0.25) is 0 Å². The Kier molecular flexibility index (Phi) is 7.46. The second kappa shape index (κ2) is 17.2. The smallest absolute Gasteiger partial charge is 0.0645 e. The van der Waals surface area contributed by atoms with Crippen LogP contribution in [0.25, 0.3) is 0 Å². The first-order valence-electron chi connectivity index (χ1n) is 24.8. The Morgan fingerprint density at radius 3 is 1.12 bits per heavy atom. The fraction of sp³-hybridized carbons (Fsp3) is 0.348. The maximum atomic E-state index is 8.59. The zero-order valence-electron chi connectivity index (χ0n) is 47.7. The van der Waals surface area contributed by atoms with Crippen LogP contribution in [-0.4, -0.2) is 0 Å². The molecular formula is C46H57Br2N. The summed E-state index contributed by atoms with van der Waals surface area (Å²) >= 11 is 6.45. The van der Waals surface area contributed by atoms with Gasteiger partial charge >= 0.3 is 0 Å². The molecule has 0 aromatic heterocycles. The van der Waals surface area contributed by atoms with E-state index in [2.05, 4.69) is 31.9 Å². The van der Waals surface area contributed by atoms with Crippen molar-refractivity contribution in [3.8, 4) is 0 Å². The summed E-state index contributed by atoms with van der Waals surface area (Å²) in [6, 6.07) is 7.97. The summed E-state index contributed by atoms with van der Waals surface area (Å²) in [6.07, 6.45) is -0.0941. The van der Waals surface area contributed by atoms with E-state index in [1.54, 1.807) is 24.3 Å². The van der Waals surface area contributed by atoms with E-state index in [0.717, 1.165) is 8.95 Å². The van der Waals surface area contributed by atoms with Crippen molar-refractivity contribution in [3.63, 3.8) is 0 Å². The Balaban J connectivity index is 0.000000356. The van der Waals surface area contributed by atoms with Crippen LogP contribution >= 0.6 is 31.9 Å². The van der Waals surface area contributed by atoms with Crippen molar-refractivity contribution in [1.29, 1.82) is 0 Å². The second-order valence-electron chi connectivity index (χ2n) is 14.8. The van der Waals surface area contributed by atoms with Crippen LogP contribution in [0.4, 0.5) is 5.69 Å². The lowest BCUT2D eigenvalue weighted by molar-refractivity contribution is 0.590. The fourth-order valence-corrected chi connectivity index (χ4v) is 5.52. The lowest BCUT2D eigenvalue weighted by atomic mass is 9.86. The molecule has 0 atom stereocenters. The van der Waals surface area contributed by atoms with Crippen molar-refractivity contribution in [1.82, 2.24) is 0 Å². The summed E-state index contributed by atoms with van der Waals surface area (Å²) in [5.74, 6) is 0. The molecular weight excluding hydrogens is 726 g/mol. The zero-order chi connectivity index (χ0) is 52.0. The van der Waals surface area contributed by atoms with Crippen LogP contribution in [0.3, 0.4) is 0 Å². The highest BCUT2D eigenvalue weighted by Gasteiger charge is 2.15. The first-order chi connectivity index (χ1) is 30.1. The number of hydrogen-bond donors (Lipinski definition) is 1. The molecule has 0 bridgehead atoms. The molecule has 0 aliphatic carbocycles. The predicted octanol–water partition coefficient (Wildman–Crippen LogP) is 13.9. The largest absolute Gasteiger partial charge is 0.399 e. The van der Waals surface area contributed by atoms with Gasteiger partial charge in [-0.1, -0.05) is 178 Å². The Hall–Kier alpha value is -3.14. The standard InChI is InChI=1S/C29H36.C10H15N.C7H6Br2/c1-21-16-24(18-22-8-12-26(13-9-22)28(2,3)4)20-25(17-21)19-23-10-14-27(15-11-23)29(5,6)7;1-10(2,3)8-4-6-9(11)7-5-8;1-5-2-6(8)4-7(9)3-5/h8-17,20H,18-19H2,1-7H3;4-7H,11H2,1-3H3;2-4H,1H3/i1D3,8D,9D,10D,11D,12D,13D,14D,15D;4D,5D,6D,7D;1D3. The third-order valence-corrected chi connectivity index (χ3v) is 7.84. The van der Waals surface area contributed by atoms with Gasteiger partial charge < -0.3 is 5.73 Å². The molecule has 260 valence electrons. The molecule has 49 heavy (non-hydrogen) atoms. The summed E-state index contributed by atoms with van der Waals surface area (Å²) in [4.78, 5) is 0. The van der Waals surface area contributed by atoms with Crippen LogP contribution in [0, 0.1) is 13.7 Å². The number of anilines is 1. The number of hydrogen-bond acceptors (Lipinski definition) is 1. The van der Waals surface area contributed by atoms with E-state index < -0.39 is 29.9 Å². The van der Waals surface area contributed by atoms with Gasteiger partial charge in [-0.15, -0.1) is 0 Å². The van der Waals surface area contributed by atoms with Gasteiger partial charge in [0.25, 0.3) is 0 Å². The van der Waals surface area contributed by atoms with Crippen LogP contribution in [-0.2, 0) is 29.1 Å². The summed E-state index contributed by atoms with van der Waals surface area (Å²) in [5, 5.41) is 0. The van der Waals surface area contributed by atoms with E-state index in [0.29, 0.717) is 33.4 Å². The van der Waals surface area contributed by atoms with E-state index in [1.807, 2.05) is 62.3 Å². The van der Waals surface area contributed by atoms with Crippen LogP contribution < -0.4 is 5.73 Å². The number of nitrogens with two attached hydrogens (primary N) is 1. The van der Waals surface area contributed by atoms with E-state index in [-0.39, 0.29) is 108 Å². The highest BCUT2D eigenvalue weighted by Crippen LogP contribution is 2.26. The number of nitrogen functional groups attached to an aromatic ring is 1. The molecule has 0 unspecified atom stereocenters. The Morgan fingerprint density at radius 2 is 0.796 bits per heavy atom. The minimum absolute atomic E-state index is 0.00290. The molecule has 5 rings (SSSR count). The molecule has 0 radical (unpaired) electrons. The van der Waals surface area contributed by atoms with E-state index in [1.165, 1.54) is 12.1 Å². The molecule has 2 N–H and O–H groups in total. The molecule has 0 spiro atoms. The zero-order valence-corrected chi connectivity index (χ0v) is 32.9. The molecule has 0 saturated carbocycles. The SMILES string of the molecule is [2H]C([2H])([2H])c1cc(Br)cc(Br)c1.[2H]c1c([2H])c(C(C)(C)C)c([2H])c([2H])c1Cc1cc(Cc2c([2H])c([2H])c(C(C)(C)C)c([2H])c2[2H])cc(C([2H])([2H])[2H])c1.[2H]c1c([2H])c(C(C)(C)C)c([2H])c([2H])c1N. The van der Waals surface area contributed by atoms with Gasteiger partial charge in [0, 0.05) is 22.9 Å². The van der Waals surface area contributed by atoms with E-state index >= 15 is 0 Å². The van der Waals surface area contributed by atoms with Crippen molar-refractivity contribution in [2.75, 3.05) is 5.73 Å². The van der Waals surface area contributed by atoms with Gasteiger partial charge in [-0.3, -0.25) is 0 Å². The van der Waals surface area contributed by atoms with Crippen molar-refractivity contribution >= 4 is 37.5 Å². The number of halogens is 2. The maximum absolute atomic E-state index is 8.59. The fourth-order valence-electron chi connectivity index (χ4n) is 4.23. The highest BCUT2D eigenvalue weighted by molar-refractivity contribution is 9.11. The Labute approximate surface area is 340 Å². The molecule has 0 saturated heterocycles. The topological polar surface area (TPSA) is 26.0 Å². The first kappa shape index (κ1) is 21.3. The lowest BCUT2D eigenvalue weighted by Crippen LogP contribution is -2.10. The van der Waals surface area contributed by atoms with Crippen LogP contribution in [0.1, 0.15) is 137 Å². The third kappa shape index (κ3) is 13.9. The predicted molar refractivity (Wildman–Crippen MR) is 223 cm³/mol. The quantitative estimate of drug-likeness (QED) is 0.180. The van der Waals surface area contributed by atoms with Gasteiger partial charge in [-0.25, -0.2) is 0 Å². The maximum Gasteiger partial charge on any atom is 0.0645 e. The molecule has 5 aromatic rings. The highest BCUT2D eigenvalue weighted by atomic mass is 79.9. The van der Waals surface area contributed by atoms with Crippen LogP contribution in [0.5, 0.6) is 0 Å². The summed E-state index contributed by atoms with van der Waals surface area (Å²) in [7, 11) is 0.